The lowest BCUT2D eigenvalue weighted by atomic mass is 10.1. The number of alkyl halides is 1. The van der Waals surface area contributed by atoms with Crippen LogP contribution < -0.4 is 5.32 Å². The Morgan fingerprint density at radius 1 is 1.15 bits per heavy atom. The van der Waals surface area contributed by atoms with Crippen molar-refractivity contribution in [1.29, 1.82) is 0 Å². The number of hydrogen-bond acceptors (Lipinski definition) is 2. The van der Waals surface area contributed by atoms with E-state index in [0.29, 0.717) is 12.8 Å². The summed E-state index contributed by atoms with van der Waals surface area (Å²) in [6, 6.07) is 8.45. The van der Waals surface area contributed by atoms with Crippen LogP contribution in [0.5, 0.6) is 0 Å². The Hall–Kier alpha value is -1.36. The lowest BCUT2D eigenvalue weighted by Gasteiger charge is -2.14. The van der Waals surface area contributed by atoms with Gasteiger partial charge in [-0.15, -0.1) is 0 Å². The van der Waals surface area contributed by atoms with Gasteiger partial charge in [0.2, 0.25) is 5.91 Å². The van der Waals surface area contributed by atoms with Crippen molar-refractivity contribution in [3.63, 3.8) is 0 Å². The van der Waals surface area contributed by atoms with Gasteiger partial charge in [0, 0.05) is 18.2 Å². The van der Waals surface area contributed by atoms with E-state index < -0.39 is 12.0 Å². The number of aliphatic carboxylic acids is 1. The molecule has 0 unspecified atom stereocenters. The summed E-state index contributed by atoms with van der Waals surface area (Å²) in [5.41, 5.74) is 0.902. The highest BCUT2D eigenvalue weighted by Crippen LogP contribution is 2.05. The standard InChI is InChI=1S/C15H20BrNO3/c16-10-6-2-5-9-14(18)17-13(15(19)20)11-12-7-3-1-4-8-12/h1,3-4,7-8,13H,2,5-6,9-11H2,(H,17,18)(H,19,20)/t13-/m0/s1. The molecular weight excluding hydrogens is 322 g/mol. The number of unbranched alkanes of at least 4 members (excludes halogenated alkanes) is 2. The number of carbonyl (C=O) groups excluding carboxylic acids is 1. The molecule has 0 aliphatic rings. The first kappa shape index (κ1) is 16.7. The summed E-state index contributed by atoms with van der Waals surface area (Å²) in [7, 11) is 0. The van der Waals surface area contributed by atoms with Gasteiger partial charge in [0.15, 0.2) is 0 Å². The first-order valence-electron chi connectivity index (χ1n) is 6.75. The molecule has 0 spiro atoms. The zero-order valence-electron chi connectivity index (χ0n) is 11.3. The highest BCUT2D eigenvalue weighted by atomic mass is 79.9. The van der Waals surface area contributed by atoms with E-state index in [4.69, 9.17) is 0 Å². The van der Waals surface area contributed by atoms with E-state index in [2.05, 4.69) is 21.2 Å². The van der Waals surface area contributed by atoms with Gasteiger partial charge in [-0.2, -0.15) is 0 Å². The molecule has 0 aromatic heterocycles. The number of halogens is 1. The number of carbonyl (C=O) groups is 2. The third kappa shape index (κ3) is 6.70. The number of nitrogens with one attached hydrogen (secondary N) is 1. The van der Waals surface area contributed by atoms with Gasteiger partial charge in [0.05, 0.1) is 0 Å². The summed E-state index contributed by atoms with van der Waals surface area (Å²) in [4.78, 5) is 22.9. The molecule has 1 rings (SSSR count). The van der Waals surface area contributed by atoms with Crippen molar-refractivity contribution >= 4 is 27.8 Å². The summed E-state index contributed by atoms with van der Waals surface area (Å²) in [6.07, 6.45) is 3.47. The second-order valence-electron chi connectivity index (χ2n) is 4.65. The quantitative estimate of drug-likeness (QED) is 0.536. The third-order valence-electron chi connectivity index (χ3n) is 2.95. The molecule has 0 bridgehead atoms. The Bertz CT molecular complexity index is 422. The SMILES string of the molecule is O=C(CCCCCBr)N[C@@H](Cc1ccccc1)C(=O)O. The van der Waals surface area contributed by atoms with E-state index in [9.17, 15) is 14.7 Å². The highest BCUT2D eigenvalue weighted by molar-refractivity contribution is 9.09. The van der Waals surface area contributed by atoms with E-state index in [1.807, 2.05) is 30.3 Å². The molecule has 20 heavy (non-hydrogen) atoms. The minimum Gasteiger partial charge on any atom is -0.480 e. The Morgan fingerprint density at radius 2 is 1.85 bits per heavy atom. The Labute approximate surface area is 127 Å². The summed E-state index contributed by atoms with van der Waals surface area (Å²) < 4.78 is 0. The van der Waals surface area contributed by atoms with Gasteiger partial charge in [0.1, 0.15) is 6.04 Å². The van der Waals surface area contributed by atoms with E-state index in [0.717, 1.165) is 30.2 Å². The maximum absolute atomic E-state index is 11.7. The molecule has 0 aliphatic heterocycles. The molecule has 4 nitrogen and oxygen atoms in total. The molecular formula is C15H20BrNO3. The van der Waals surface area contributed by atoms with Crippen LogP contribution >= 0.6 is 15.9 Å². The molecule has 0 fully saturated rings. The lowest BCUT2D eigenvalue weighted by molar-refractivity contribution is -0.141. The fraction of sp³-hybridized carbons (Fsp3) is 0.467. The Balaban J connectivity index is 2.43. The van der Waals surface area contributed by atoms with Crippen LogP contribution in [0, 0.1) is 0 Å². The Morgan fingerprint density at radius 3 is 2.45 bits per heavy atom. The summed E-state index contributed by atoms with van der Waals surface area (Å²) in [5.74, 6) is -1.19. The molecule has 1 amide bonds. The third-order valence-corrected chi connectivity index (χ3v) is 3.51. The second kappa shape index (κ2) is 9.53. The molecule has 0 saturated carbocycles. The highest BCUT2D eigenvalue weighted by Gasteiger charge is 2.19. The van der Waals surface area contributed by atoms with Crippen molar-refractivity contribution in [2.24, 2.45) is 0 Å². The summed E-state index contributed by atoms with van der Waals surface area (Å²) in [6.45, 7) is 0. The first-order valence-corrected chi connectivity index (χ1v) is 7.87. The van der Waals surface area contributed by atoms with E-state index >= 15 is 0 Å². The van der Waals surface area contributed by atoms with Crippen LogP contribution in [0.25, 0.3) is 0 Å². The van der Waals surface area contributed by atoms with Crippen LogP contribution in [0.3, 0.4) is 0 Å². The number of carboxylic acids is 1. The maximum Gasteiger partial charge on any atom is 0.326 e. The number of hydrogen-bond donors (Lipinski definition) is 2. The minimum absolute atomic E-state index is 0.192. The molecule has 0 aliphatic carbocycles. The van der Waals surface area contributed by atoms with Crippen molar-refractivity contribution in [2.45, 2.75) is 38.1 Å². The molecule has 0 saturated heterocycles. The van der Waals surface area contributed by atoms with Crippen LogP contribution in [-0.2, 0) is 16.0 Å². The van der Waals surface area contributed by atoms with Crippen molar-refractivity contribution in [1.82, 2.24) is 5.32 Å². The van der Waals surface area contributed by atoms with Crippen molar-refractivity contribution in [3.05, 3.63) is 35.9 Å². The van der Waals surface area contributed by atoms with Gasteiger partial charge in [0.25, 0.3) is 0 Å². The normalized spacial score (nSPS) is 11.8. The fourth-order valence-corrected chi connectivity index (χ4v) is 2.27. The molecule has 5 heteroatoms. The van der Waals surface area contributed by atoms with E-state index in [-0.39, 0.29) is 5.91 Å². The molecule has 2 N–H and O–H groups in total. The van der Waals surface area contributed by atoms with Crippen LogP contribution in [0.15, 0.2) is 30.3 Å². The van der Waals surface area contributed by atoms with Crippen molar-refractivity contribution in [3.8, 4) is 0 Å². The topological polar surface area (TPSA) is 66.4 Å². The zero-order chi connectivity index (χ0) is 14.8. The van der Waals surface area contributed by atoms with Gasteiger partial charge in [-0.1, -0.05) is 52.7 Å². The monoisotopic (exact) mass is 341 g/mol. The molecule has 0 heterocycles. The largest absolute Gasteiger partial charge is 0.480 e. The average Bonchev–Trinajstić information content (AvgIpc) is 2.44. The molecule has 0 radical (unpaired) electrons. The van der Waals surface area contributed by atoms with Gasteiger partial charge in [-0.25, -0.2) is 4.79 Å². The predicted molar refractivity (Wildman–Crippen MR) is 82.0 cm³/mol. The molecule has 110 valence electrons. The zero-order valence-corrected chi connectivity index (χ0v) is 12.9. The minimum atomic E-state index is -0.998. The maximum atomic E-state index is 11.7. The fourth-order valence-electron chi connectivity index (χ4n) is 1.87. The van der Waals surface area contributed by atoms with Gasteiger partial charge >= 0.3 is 5.97 Å². The van der Waals surface area contributed by atoms with Crippen LogP contribution in [0.1, 0.15) is 31.2 Å². The molecule has 1 atom stereocenters. The number of rotatable bonds is 9. The van der Waals surface area contributed by atoms with Crippen molar-refractivity contribution < 1.29 is 14.7 Å². The number of amides is 1. The smallest absolute Gasteiger partial charge is 0.326 e. The van der Waals surface area contributed by atoms with Crippen LogP contribution in [0.4, 0.5) is 0 Å². The number of benzene rings is 1. The van der Waals surface area contributed by atoms with Crippen molar-refractivity contribution in [2.75, 3.05) is 5.33 Å². The van der Waals surface area contributed by atoms with Gasteiger partial charge in [-0.05, 0) is 18.4 Å². The van der Waals surface area contributed by atoms with E-state index in [1.54, 1.807) is 0 Å². The number of carboxylic acid groups (broad SMARTS) is 1. The van der Waals surface area contributed by atoms with Crippen LogP contribution in [0.2, 0.25) is 0 Å². The van der Waals surface area contributed by atoms with Gasteiger partial charge < -0.3 is 10.4 Å². The molecule has 1 aromatic carbocycles. The summed E-state index contributed by atoms with van der Waals surface area (Å²) >= 11 is 3.33. The average molecular weight is 342 g/mol. The second-order valence-corrected chi connectivity index (χ2v) is 5.44. The Kier molecular flexibility index (Phi) is 7.95. The lowest BCUT2D eigenvalue weighted by Crippen LogP contribution is -2.42. The summed E-state index contributed by atoms with van der Waals surface area (Å²) in [5, 5.41) is 12.7. The van der Waals surface area contributed by atoms with Crippen LogP contribution in [-0.4, -0.2) is 28.4 Å². The van der Waals surface area contributed by atoms with Gasteiger partial charge in [-0.3, -0.25) is 4.79 Å². The molecule has 1 aromatic rings. The first-order chi connectivity index (χ1) is 9.63. The van der Waals surface area contributed by atoms with E-state index in [1.165, 1.54) is 0 Å². The predicted octanol–water partition coefficient (Wildman–Crippen LogP) is 2.75.